The van der Waals surface area contributed by atoms with Crippen LogP contribution in [0.4, 0.5) is 9.18 Å². The molecule has 8 heteroatoms. The van der Waals surface area contributed by atoms with Crippen molar-refractivity contribution in [3.8, 4) is 0 Å². The summed E-state index contributed by atoms with van der Waals surface area (Å²) in [6.07, 6.45) is 3.95. The van der Waals surface area contributed by atoms with Crippen LogP contribution in [-0.4, -0.2) is 60.8 Å². The molecule has 172 valence electrons. The van der Waals surface area contributed by atoms with E-state index in [1.54, 1.807) is 4.90 Å². The molecule has 2 rings (SSSR count). The Kier molecular flexibility index (Phi) is 8.64. The van der Waals surface area contributed by atoms with Crippen molar-refractivity contribution >= 4 is 17.8 Å². The quantitative estimate of drug-likeness (QED) is 0.598. The molecule has 0 atom stereocenters. The molecule has 1 aliphatic heterocycles. The maximum atomic E-state index is 12.9. The average Bonchev–Trinajstić information content (AvgIpc) is 2.67. The Morgan fingerprint density at radius 3 is 2.20 bits per heavy atom. The summed E-state index contributed by atoms with van der Waals surface area (Å²) < 4.78 is 23.2. The molecule has 1 heterocycles. The van der Waals surface area contributed by atoms with Gasteiger partial charge in [-0.15, -0.1) is 0 Å². The zero-order valence-electron chi connectivity index (χ0n) is 18.6. The van der Waals surface area contributed by atoms with Crippen molar-refractivity contribution in [2.45, 2.75) is 83.8 Å². The largest absolute Gasteiger partial charge is 0.444 e. The second kappa shape index (κ2) is 10.6. The highest BCUT2D eigenvalue weighted by atomic mass is 19.1. The Morgan fingerprint density at radius 2 is 1.70 bits per heavy atom. The summed E-state index contributed by atoms with van der Waals surface area (Å²) in [6.45, 7) is 6.15. The van der Waals surface area contributed by atoms with Crippen LogP contribution in [0.1, 0.15) is 72.1 Å². The zero-order chi connectivity index (χ0) is 22.4. The maximum Gasteiger partial charge on any atom is 0.410 e. The fourth-order valence-corrected chi connectivity index (χ4v) is 4.29. The van der Waals surface area contributed by atoms with Crippen LogP contribution in [0.3, 0.4) is 0 Å². The Labute approximate surface area is 178 Å². The molecular formula is C22H37FN2O5. The van der Waals surface area contributed by atoms with E-state index in [9.17, 15) is 18.8 Å². The predicted octanol–water partition coefficient (Wildman–Crippen LogP) is 3.38. The topological polar surface area (TPSA) is 98.9 Å². The summed E-state index contributed by atoms with van der Waals surface area (Å²) in [5, 5.41) is 0. The van der Waals surface area contributed by atoms with Gasteiger partial charge in [0.15, 0.2) is 0 Å². The van der Waals surface area contributed by atoms with E-state index < -0.39 is 23.0 Å². The van der Waals surface area contributed by atoms with Crippen molar-refractivity contribution in [1.29, 1.82) is 0 Å². The van der Waals surface area contributed by atoms with E-state index in [4.69, 9.17) is 15.2 Å². The number of carbonyl (C=O) groups excluding carboxylic acids is 3. The second-order valence-corrected chi connectivity index (χ2v) is 9.64. The molecule has 0 aromatic carbocycles. The Balaban J connectivity index is 1.87. The van der Waals surface area contributed by atoms with Gasteiger partial charge in [-0.05, 0) is 65.7 Å². The minimum absolute atomic E-state index is 0.0710. The van der Waals surface area contributed by atoms with Crippen LogP contribution in [0.25, 0.3) is 0 Å². The first-order chi connectivity index (χ1) is 14.1. The number of amides is 2. The normalized spacial score (nSPS) is 24.3. The van der Waals surface area contributed by atoms with Crippen molar-refractivity contribution in [3.05, 3.63) is 0 Å². The van der Waals surface area contributed by atoms with Gasteiger partial charge in [-0.1, -0.05) is 0 Å². The van der Waals surface area contributed by atoms with Gasteiger partial charge in [-0.25, -0.2) is 4.79 Å². The number of ketones is 1. The molecule has 0 aromatic heterocycles. The number of alkyl halides is 1. The van der Waals surface area contributed by atoms with Crippen LogP contribution in [0.15, 0.2) is 0 Å². The van der Waals surface area contributed by atoms with Crippen LogP contribution in [0, 0.1) is 11.3 Å². The fraction of sp³-hybridized carbons (Fsp3) is 0.864. The number of likely N-dealkylation sites (tertiary alicyclic amines) is 1. The van der Waals surface area contributed by atoms with Gasteiger partial charge >= 0.3 is 6.09 Å². The van der Waals surface area contributed by atoms with E-state index in [-0.39, 0.29) is 30.9 Å². The summed E-state index contributed by atoms with van der Waals surface area (Å²) in [5.74, 6) is -0.490. The number of halogens is 1. The first-order valence-electron chi connectivity index (χ1n) is 11.0. The SMILES string of the molecule is CC(C)(C)OC(=O)N1CCC(CC(=O)[C@H]2CC[C@@H](OCCCF)CC2)(C(N)=O)CC1. The Bertz CT molecular complexity index is 603. The van der Waals surface area contributed by atoms with Gasteiger partial charge in [0.25, 0.3) is 0 Å². The lowest BCUT2D eigenvalue weighted by atomic mass is 9.71. The van der Waals surface area contributed by atoms with Gasteiger partial charge < -0.3 is 20.1 Å². The number of rotatable bonds is 8. The molecule has 1 saturated heterocycles. The molecule has 1 saturated carbocycles. The molecule has 0 aromatic rings. The van der Waals surface area contributed by atoms with Crippen molar-refractivity contribution in [1.82, 2.24) is 4.90 Å². The van der Waals surface area contributed by atoms with E-state index in [1.165, 1.54) is 0 Å². The maximum absolute atomic E-state index is 12.9. The lowest BCUT2D eigenvalue weighted by molar-refractivity contribution is -0.138. The average molecular weight is 429 g/mol. The first kappa shape index (κ1) is 24.6. The van der Waals surface area contributed by atoms with Crippen LogP contribution >= 0.6 is 0 Å². The third kappa shape index (κ3) is 6.93. The van der Waals surface area contributed by atoms with Gasteiger partial charge in [0.2, 0.25) is 5.91 Å². The molecule has 1 aliphatic carbocycles. The van der Waals surface area contributed by atoms with E-state index in [0.29, 0.717) is 39.0 Å². The number of nitrogens with two attached hydrogens (primary N) is 1. The van der Waals surface area contributed by atoms with Gasteiger partial charge in [0.1, 0.15) is 11.4 Å². The fourth-order valence-electron chi connectivity index (χ4n) is 4.29. The molecule has 2 amide bonds. The van der Waals surface area contributed by atoms with Gasteiger partial charge in [-0.3, -0.25) is 14.0 Å². The summed E-state index contributed by atoms with van der Waals surface area (Å²) in [5.41, 5.74) is 4.23. The molecule has 0 bridgehead atoms. The summed E-state index contributed by atoms with van der Waals surface area (Å²) in [4.78, 5) is 39.1. The summed E-state index contributed by atoms with van der Waals surface area (Å²) >= 11 is 0. The van der Waals surface area contributed by atoms with Crippen LogP contribution in [0.2, 0.25) is 0 Å². The molecule has 2 aliphatic rings. The van der Waals surface area contributed by atoms with Gasteiger partial charge in [0, 0.05) is 32.0 Å². The molecule has 0 spiro atoms. The monoisotopic (exact) mass is 428 g/mol. The number of nitrogens with zero attached hydrogens (tertiary/aromatic N) is 1. The summed E-state index contributed by atoms with van der Waals surface area (Å²) in [7, 11) is 0. The molecule has 30 heavy (non-hydrogen) atoms. The second-order valence-electron chi connectivity index (χ2n) is 9.64. The lowest BCUT2D eigenvalue weighted by Crippen LogP contribution is -2.51. The van der Waals surface area contributed by atoms with Crippen LogP contribution in [0.5, 0.6) is 0 Å². The van der Waals surface area contributed by atoms with Crippen molar-refractivity contribution < 1.29 is 28.2 Å². The van der Waals surface area contributed by atoms with E-state index in [1.807, 2.05) is 20.8 Å². The molecule has 0 unspecified atom stereocenters. The number of hydrogen-bond donors (Lipinski definition) is 1. The number of primary amides is 1. The highest BCUT2D eigenvalue weighted by Gasteiger charge is 2.44. The number of hydrogen-bond acceptors (Lipinski definition) is 5. The first-order valence-corrected chi connectivity index (χ1v) is 11.0. The Morgan fingerprint density at radius 1 is 1.10 bits per heavy atom. The van der Waals surface area contributed by atoms with Crippen LogP contribution in [-0.2, 0) is 19.1 Å². The number of piperidine rings is 1. The van der Waals surface area contributed by atoms with E-state index >= 15 is 0 Å². The molecule has 2 fully saturated rings. The zero-order valence-corrected chi connectivity index (χ0v) is 18.6. The minimum Gasteiger partial charge on any atom is -0.444 e. The van der Waals surface area contributed by atoms with Crippen LogP contribution < -0.4 is 5.73 Å². The predicted molar refractivity (Wildman–Crippen MR) is 111 cm³/mol. The number of ether oxygens (including phenoxy) is 2. The van der Waals surface area contributed by atoms with Crippen molar-refractivity contribution in [3.63, 3.8) is 0 Å². The minimum atomic E-state index is -0.899. The van der Waals surface area contributed by atoms with Crippen molar-refractivity contribution in [2.75, 3.05) is 26.4 Å². The van der Waals surface area contributed by atoms with Crippen molar-refractivity contribution in [2.24, 2.45) is 17.1 Å². The summed E-state index contributed by atoms with van der Waals surface area (Å²) in [6, 6.07) is 0. The van der Waals surface area contributed by atoms with E-state index in [0.717, 1.165) is 25.7 Å². The number of carbonyl (C=O) groups is 3. The molecule has 2 N–H and O–H groups in total. The lowest BCUT2D eigenvalue weighted by Gasteiger charge is -2.40. The molecular weight excluding hydrogens is 391 g/mol. The third-order valence-electron chi connectivity index (χ3n) is 6.17. The van der Waals surface area contributed by atoms with Gasteiger partial charge in [0.05, 0.1) is 18.2 Å². The highest BCUT2D eigenvalue weighted by molar-refractivity contribution is 5.90. The highest BCUT2D eigenvalue weighted by Crippen LogP contribution is 2.38. The van der Waals surface area contributed by atoms with E-state index in [2.05, 4.69) is 0 Å². The third-order valence-corrected chi connectivity index (χ3v) is 6.17. The Hall–Kier alpha value is -1.70. The number of Topliss-reactive ketones (excluding diaryl/α,β-unsaturated/α-hetero) is 1. The molecule has 0 radical (unpaired) electrons. The van der Waals surface area contributed by atoms with Gasteiger partial charge in [-0.2, -0.15) is 0 Å². The smallest absolute Gasteiger partial charge is 0.410 e. The molecule has 7 nitrogen and oxygen atoms in total. The standard InChI is InChI=1S/C22H37FN2O5/c1-21(2,3)30-20(28)25-12-9-22(10-13-25,19(24)27)15-18(26)16-5-7-17(8-6-16)29-14-4-11-23/h16-17H,4-15H2,1-3H3,(H2,24,27)/t16-,17+.